The highest BCUT2D eigenvalue weighted by Gasteiger charge is 2.17. The Hall–Kier alpha value is -2.44. The van der Waals surface area contributed by atoms with Crippen molar-refractivity contribution in [1.82, 2.24) is 4.98 Å². The lowest BCUT2D eigenvalue weighted by molar-refractivity contribution is 0.0696. The lowest BCUT2D eigenvalue weighted by Crippen LogP contribution is -2.12. The van der Waals surface area contributed by atoms with Crippen LogP contribution in [-0.2, 0) is 10.0 Å². The van der Waals surface area contributed by atoms with E-state index in [4.69, 9.17) is 10.4 Å². The number of rotatable bonds is 4. The van der Waals surface area contributed by atoms with Gasteiger partial charge in [-0.3, -0.25) is 9.71 Å². The third-order valence-corrected chi connectivity index (χ3v) is 5.06. The van der Waals surface area contributed by atoms with Crippen molar-refractivity contribution in [3.05, 3.63) is 41.0 Å². The van der Waals surface area contributed by atoms with E-state index in [1.807, 2.05) is 6.07 Å². The van der Waals surface area contributed by atoms with Crippen molar-refractivity contribution in [2.45, 2.75) is 4.21 Å². The molecule has 2 heterocycles. The zero-order valence-electron chi connectivity index (χ0n) is 9.77. The van der Waals surface area contributed by atoms with Crippen molar-refractivity contribution in [2.75, 3.05) is 4.72 Å². The number of anilines is 1. The van der Waals surface area contributed by atoms with Crippen LogP contribution in [0.3, 0.4) is 0 Å². The number of carbonyl (C=O) groups is 1. The van der Waals surface area contributed by atoms with Gasteiger partial charge in [-0.1, -0.05) is 0 Å². The highest BCUT2D eigenvalue weighted by atomic mass is 32.2. The van der Waals surface area contributed by atoms with Crippen LogP contribution >= 0.6 is 11.3 Å². The van der Waals surface area contributed by atoms with Gasteiger partial charge in [0, 0.05) is 6.20 Å². The maximum Gasteiger partial charge on any atom is 0.337 e. The normalized spacial score (nSPS) is 10.8. The molecule has 0 radical (unpaired) electrons. The van der Waals surface area contributed by atoms with E-state index < -0.39 is 16.0 Å². The molecule has 0 fully saturated rings. The molecule has 7 nitrogen and oxygen atoms in total. The van der Waals surface area contributed by atoms with Crippen molar-refractivity contribution >= 4 is 33.0 Å². The molecule has 0 bridgehead atoms. The number of sulfonamides is 1. The number of nitriles is 1. The van der Waals surface area contributed by atoms with Gasteiger partial charge in [-0.25, -0.2) is 13.2 Å². The predicted molar refractivity (Wildman–Crippen MR) is 71.0 cm³/mol. The summed E-state index contributed by atoms with van der Waals surface area (Å²) in [6.45, 7) is 0. The second-order valence-corrected chi connectivity index (χ2v) is 6.60. The highest BCUT2D eigenvalue weighted by molar-refractivity contribution is 7.94. The molecule has 0 aliphatic rings. The van der Waals surface area contributed by atoms with Gasteiger partial charge in [0.1, 0.15) is 15.2 Å². The van der Waals surface area contributed by atoms with Gasteiger partial charge in [0.15, 0.2) is 0 Å². The van der Waals surface area contributed by atoms with Crippen molar-refractivity contribution in [3.8, 4) is 6.07 Å². The molecule has 20 heavy (non-hydrogen) atoms. The molecule has 0 aliphatic heterocycles. The maximum absolute atomic E-state index is 12.0. The van der Waals surface area contributed by atoms with Crippen molar-refractivity contribution in [2.24, 2.45) is 0 Å². The summed E-state index contributed by atoms with van der Waals surface area (Å²) in [5, 5.41) is 17.5. The average Bonchev–Trinajstić information content (AvgIpc) is 2.88. The van der Waals surface area contributed by atoms with Crippen LogP contribution in [0.5, 0.6) is 0 Å². The monoisotopic (exact) mass is 309 g/mol. The highest BCUT2D eigenvalue weighted by Crippen LogP contribution is 2.23. The standard InChI is InChI=1S/C11H7N3O4S2/c12-4-9-1-2-10(19-9)20(17,18)14-8-3-7(11(15)16)5-13-6-8/h1-3,5-6,14H,(H,15,16). The molecular formula is C11H7N3O4S2. The first-order chi connectivity index (χ1) is 9.42. The fourth-order valence-corrected chi connectivity index (χ4v) is 3.48. The van der Waals surface area contributed by atoms with Gasteiger partial charge in [0.05, 0.1) is 17.4 Å². The van der Waals surface area contributed by atoms with Crippen molar-refractivity contribution in [3.63, 3.8) is 0 Å². The number of hydrogen-bond donors (Lipinski definition) is 2. The predicted octanol–water partition coefficient (Wildman–Crippen LogP) is 1.51. The van der Waals surface area contributed by atoms with Crippen LogP contribution in [0.25, 0.3) is 0 Å². The van der Waals surface area contributed by atoms with Crippen LogP contribution in [0.4, 0.5) is 5.69 Å². The quantitative estimate of drug-likeness (QED) is 0.883. The zero-order valence-corrected chi connectivity index (χ0v) is 11.4. The average molecular weight is 309 g/mol. The molecule has 102 valence electrons. The molecule has 0 spiro atoms. The summed E-state index contributed by atoms with van der Waals surface area (Å²) in [5.41, 5.74) is -0.0918. The van der Waals surface area contributed by atoms with Crippen LogP contribution in [0.15, 0.2) is 34.8 Å². The molecule has 2 aromatic heterocycles. The minimum absolute atomic E-state index is 0.0326. The Bertz CT molecular complexity index is 805. The van der Waals surface area contributed by atoms with Crippen LogP contribution in [0, 0.1) is 11.3 Å². The molecule has 0 aromatic carbocycles. The van der Waals surface area contributed by atoms with Crippen LogP contribution in [0.1, 0.15) is 15.2 Å². The van der Waals surface area contributed by atoms with Gasteiger partial charge in [0.2, 0.25) is 0 Å². The molecule has 2 N–H and O–H groups in total. The van der Waals surface area contributed by atoms with Gasteiger partial charge in [-0.15, -0.1) is 11.3 Å². The largest absolute Gasteiger partial charge is 0.478 e. The van der Waals surface area contributed by atoms with Crippen molar-refractivity contribution < 1.29 is 18.3 Å². The van der Waals surface area contributed by atoms with E-state index in [1.54, 1.807) is 0 Å². The third-order valence-electron chi connectivity index (χ3n) is 2.19. The summed E-state index contributed by atoms with van der Waals surface area (Å²) in [5.74, 6) is -1.21. The fourth-order valence-electron chi connectivity index (χ4n) is 1.34. The number of carboxylic acids is 1. The number of thiophene rings is 1. The number of pyridine rings is 1. The van der Waals surface area contributed by atoms with Gasteiger partial charge < -0.3 is 5.11 Å². The SMILES string of the molecule is N#Cc1ccc(S(=O)(=O)Nc2cncc(C(=O)O)c2)s1. The molecular weight excluding hydrogens is 302 g/mol. The van der Waals surface area contributed by atoms with E-state index in [2.05, 4.69) is 9.71 Å². The first-order valence-corrected chi connectivity index (χ1v) is 7.43. The minimum atomic E-state index is -3.86. The summed E-state index contributed by atoms with van der Waals surface area (Å²) in [7, 11) is -3.86. The Morgan fingerprint density at radius 1 is 1.40 bits per heavy atom. The summed E-state index contributed by atoms with van der Waals surface area (Å²) in [4.78, 5) is 14.7. The number of aromatic carboxylic acids is 1. The van der Waals surface area contributed by atoms with Crippen LogP contribution in [-0.4, -0.2) is 24.5 Å². The Morgan fingerprint density at radius 3 is 2.75 bits per heavy atom. The number of nitrogens with one attached hydrogen (secondary N) is 1. The topological polar surface area (TPSA) is 120 Å². The second-order valence-electron chi connectivity index (χ2n) is 3.60. The van der Waals surface area contributed by atoms with Crippen LogP contribution in [0.2, 0.25) is 0 Å². The first-order valence-electron chi connectivity index (χ1n) is 5.13. The molecule has 2 rings (SSSR count). The van der Waals surface area contributed by atoms with E-state index in [0.29, 0.717) is 0 Å². The lowest BCUT2D eigenvalue weighted by atomic mass is 10.3. The summed E-state index contributed by atoms with van der Waals surface area (Å²) < 4.78 is 26.2. The van der Waals surface area contributed by atoms with Crippen molar-refractivity contribution in [1.29, 1.82) is 5.26 Å². The minimum Gasteiger partial charge on any atom is -0.478 e. The number of aromatic nitrogens is 1. The second kappa shape index (κ2) is 5.28. The fraction of sp³-hybridized carbons (Fsp3) is 0. The number of carboxylic acid groups (broad SMARTS) is 1. The molecule has 0 saturated heterocycles. The van der Waals surface area contributed by atoms with E-state index in [-0.39, 0.29) is 20.3 Å². The number of nitrogens with zero attached hydrogens (tertiary/aromatic N) is 2. The Balaban J connectivity index is 2.31. The Labute approximate surface area is 118 Å². The molecule has 0 aliphatic carbocycles. The van der Waals surface area contributed by atoms with Gasteiger partial charge in [-0.2, -0.15) is 5.26 Å². The molecule has 0 amide bonds. The molecule has 0 atom stereocenters. The van der Waals surface area contributed by atoms with Gasteiger partial charge >= 0.3 is 5.97 Å². The summed E-state index contributed by atoms with van der Waals surface area (Å²) in [6, 6.07) is 5.70. The lowest BCUT2D eigenvalue weighted by Gasteiger charge is -2.06. The molecule has 0 unspecified atom stereocenters. The molecule has 0 saturated carbocycles. The Morgan fingerprint density at radius 2 is 2.15 bits per heavy atom. The van der Waals surface area contributed by atoms with E-state index in [9.17, 15) is 13.2 Å². The number of hydrogen-bond acceptors (Lipinski definition) is 6. The van der Waals surface area contributed by atoms with E-state index >= 15 is 0 Å². The molecule has 9 heteroatoms. The zero-order chi connectivity index (χ0) is 14.8. The smallest absolute Gasteiger partial charge is 0.337 e. The van der Waals surface area contributed by atoms with E-state index in [0.717, 1.165) is 23.6 Å². The van der Waals surface area contributed by atoms with Gasteiger partial charge in [-0.05, 0) is 18.2 Å². The summed E-state index contributed by atoms with van der Waals surface area (Å²) >= 11 is 0.821. The van der Waals surface area contributed by atoms with E-state index in [1.165, 1.54) is 18.3 Å². The van der Waals surface area contributed by atoms with Gasteiger partial charge in [0.25, 0.3) is 10.0 Å². The molecule has 2 aromatic rings. The first kappa shape index (κ1) is 14.0. The Kier molecular flexibility index (Phi) is 3.69. The summed E-state index contributed by atoms with van der Waals surface area (Å²) in [6.07, 6.45) is 2.31. The van der Waals surface area contributed by atoms with Crippen LogP contribution < -0.4 is 4.72 Å². The third kappa shape index (κ3) is 2.93. The maximum atomic E-state index is 12.0.